The fraction of sp³-hybridized carbons (Fsp3) is 0. The number of carbonyl (C=O) groups excluding carboxylic acids is 1. The highest BCUT2D eigenvalue weighted by Crippen LogP contribution is 2.26. The van der Waals surface area contributed by atoms with Crippen molar-refractivity contribution in [1.82, 2.24) is 0 Å². The minimum absolute atomic E-state index is 0.240. The number of benzene rings is 2. The first-order valence-electron chi connectivity index (χ1n) is 7.36. The molecule has 4 heteroatoms. The second-order valence-corrected chi connectivity index (χ2v) is 5.10. The Morgan fingerprint density at radius 2 is 1.67 bits per heavy atom. The van der Waals surface area contributed by atoms with Crippen LogP contribution in [-0.2, 0) is 0 Å². The zero-order chi connectivity index (χ0) is 16.9. The fourth-order valence-corrected chi connectivity index (χ4v) is 2.31. The van der Waals surface area contributed by atoms with Gasteiger partial charge in [0.05, 0.1) is 5.39 Å². The van der Waals surface area contributed by atoms with Gasteiger partial charge in [0.25, 0.3) is 0 Å². The molecule has 1 heterocycles. The van der Waals surface area contributed by atoms with Crippen LogP contribution in [0.2, 0.25) is 0 Å². The normalized spacial score (nSPS) is 11.5. The molecule has 1 aromatic heterocycles. The van der Waals surface area contributed by atoms with Gasteiger partial charge in [-0.2, -0.15) is 0 Å². The van der Waals surface area contributed by atoms with E-state index in [0.29, 0.717) is 5.39 Å². The molecule has 2 aromatic carbocycles. The summed E-state index contributed by atoms with van der Waals surface area (Å²) < 4.78 is 5.08. The maximum atomic E-state index is 12.2. The van der Waals surface area contributed by atoms with E-state index in [0.717, 1.165) is 5.56 Å². The van der Waals surface area contributed by atoms with Gasteiger partial charge in [0.1, 0.15) is 16.9 Å². The summed E-state index contributed by atoms with van der Waals surface area (Å²) in [5.74, 6) is -0.965. The van der Waals surface area contributed by atoms with Crippen molar-refractivity contribution in [3.05, 3.63) is 94.4 Å². The predicted molar refractivity (Wildman–Crippen MR) is 93.1 cm³/mol. The molecule has 0 saturated heterocycles. The second-order valence-electron chi connectivity index (χ2n) is 5.10. The van der Waals surface area contributed by atoms with Crippen molar-refractivity contribution >= 4 is 22.8 Å². The van der Waals surface area contributed by atoms with Crippen LogP contribution in [0.1, 0.15) is 15.9 Å². The van der Waals surface area contributed by atoms with Crippen molar-refractivity contribution in [1.29, 1.82) is 0 Å². The van der Waals surface area contributed by atoms with Crippen molar-refractivity contribution in [3.8, 4) is 5.75 Å². The molecule has 0 fully saturated rings. The van der Waals surface area contributed by atoms with Gasteiger partial charge in [-0.05, 0) is 23.8 Å². The number of hydrogen-bond acceptors (Lipinski definition) is 4. The van der Waals surface area contributed by atoms with Crippen LogP contribution in [0.4, 0.5) is 0 Å². The summed E-state index contributed by atoms with van der Waals surface area (Å²) in [6, 6.07) is 16.1. The Morgan fingerprint density at radius 3 is 2.46 bits per heavy atom. The first kappa shape index (κ1) is 15.5. The van der Waals surface area contributed by atoms with Gasteiger partial charge < -0.3 is 9.52 Å². The zero-order valence-electron chi connectivity index (χ0n) is 12.7. The van der Waals surface area contributed by atoms with Crippen LogP contribution >= 0.6 is 0 Å². The van der Waals surface area contributed by atoms with E-state index >= 15 is 0 Å². The summed E-state index contributed by atoms with van der Waals surface area (Å²) in [7, 11) is 0. The Morgan fingerprint density at radius 1 is 0.958 bits per heavy atom. The first-order valence-corrected chi connectivity index (χ1v) is 7.36. The van der Waals surface area contributed by atoms with Crippen molar-refractivity contribution < 1.29 is 14.3 Å². The topological polar surface area (TPSA) is 67.5 Å². The number of allylic oxidation sites excluding steroid dienone is 3. The highest BCUT2D eigenvalue weighted by molar-refractivity contribution is 6.09. The van der Waals surface area contributed by atoms with Gasteiger partial charge >= 0.3 is 5.63 Å². The summed E-state index contributed by atoms with van der Waals surface area (Å²) >= 11 is 0. The molecule has 0 aliphatic carbocycles. The van der Waals surface area contributed by atoms with E-state index in [1.165, 1.54) is 12.2 Å². The first-order chi connectivity index (χ1) is 11.7. The lowest BCUT2D eigenvalue weighted by Gasteiger charge is -2.03. The summed E-state index contributed by atoms with van der Waals surface area (Å²) in [4.78, 5) is 24.2. The van der Waals surface area contributed by atoms with Crippen LogP contribution in [0.3, 0.4) is 0 Å². The van der Waals surface area contributed by atoms with Gasteiger partial charge in [0.15, 0.2) is 5.78 Å². The molecule has 0 bridgehead atoms. The minimum Gasteiger partial charge on any atom is -0.506 e. The molecule has 3 rings (SSSR count). The molecular formula is C20H14O4. The van der Waals surface area contributed by atoms with Crippen LogP contribution in [0.15, 0.2) is 82.0 Å². The molecule has 0 radical (unpaired) electrons. The molecule has 0 aliphatic rings. The van der Waals surface area contributed by atoms with Gasteiger partial charge in [-0.3, -0.25) is 4.79 Å². The molecule has 0 amide bonds. The highest BCUT2D eigenvalue weighted by atomic mass is 16.4. The third-order valence-electron chi connectivity index (χ3n) is 3.48. The van der Waals surface area contributed by atoms with Crippen molar-refractivity contribution in [3.63, 3.8) is 0 Å². The fourth-order valence-electron chi connectivity index (χ4n) is 2.31. The van der Waals surface area contributed by atoms with Crippen molar-refractivity contribution in [2.24, 2.45) is 0 Å². The Hall–Kier alpha value is -3.40. The molecule has 0 aliphatic heterocycles. The van der Waals surface area contributed by atoms with Crippen LogP contribution in [0.5, 0.6) is 5.75 Å². The van der Waals surface area contributed by atoms with Crippen molar-refractivity contribution in [2.45, 2.75) is 0 Å². The standard InChI is InChI=1S/C20H14O4/c21-16(12-6-4-10-14-8-2-1-3-9-14)18-19(22)15-11-5-7-13-17(15)24-20(18)23/h1-13,22H/b10-4+,12-6+. The molecule has 0 saturated carbocycles. The van der Waals surface area contributed by atoms with Gasteiger partial charge in [-0.25, -0.2) is 4.79 Å². The lowest BCUT2D eigenvalue weighted by atomic mass is 10.1. The van der Waals surface area contributed by atoms with Gasteiger partial charge in [0.2, 0.25) is 0 Å². The van der Waals surface area contributed by atoms with E-state index in [2.05, 4.69) is 0 Å². The lowest BCUT2D eigenvalue weighted by Crippen LogP contribution is -2.12. The summed E-state index contributed by atoms with van der Waals surface area (Å²) in [5, 5.41) is 10.5. The monoisotopic (exact) mass is 318 g/mol. The largest absolute Gasteiger partial charge is 0.506 e. The smallest absolute Gasteiger partial charge is 0.351 e. The van der Waals surface area contributed by atoms with E-state index in [4.69, 9.17) is 4.42 Å². The Balaban J connectivity index is 1.88. The number of hydrogen-bond donors (Lipinski definition) is 1. The van der Waals surface area contributed by atoms with E-state index in [-0.39, 0.29) is 16.9 Å². The van der Waals surface area contributed by atoms with E-state index < -0.39 is 11.4 Å². The number of rotatable bonds is 4. The Labute approximate surface area is 138 Å². The molecular weight excluding hydrogens is 304 g/mol. The van der Waals surface area contributed by atoms with Crippen molar-refractivity contribution in [2.75, 3.05) is 0 Å². The number of fused-ring (bicyclic) bond motifs is 1. The molecule has 3 aromatic rings. The van der Waals surface area contributed by atoms with E-state index in [1.54, 1.807) is 30.3 Å². The molecule has 118 valence electrons. The number of aromatic hydroxyl groups is 1. The maximum Gasteiger partial charge on any atom is 0.351 e. The minimum atomic E-state index is -0.854. The Kier molecular flexibility index (Phi) is 4.38. The average Bonchev–Trinajstić information content (AvgIpc) is 2.60. The van der Waals surface area contributed by atoms with Crippen LogP contribution < -0.4 is 5.63 Å². The molecule has 4 nitrogen and oxygen atoms in total. The maximum absolute atomic E-state index is 12.2. The number of para-hydroxylation sites is 1. The molecule has 0 unspecified atom stereocenters. The van der Waals surface area contributed by atoms with Crippen LogP contribution in [0.25, 0.3) is 17.0 Å². The highest BCUT2D eigenvalue weighted by Gasteiger charge is 2.18. The summed E-state index contributed by atoms with van der Waals surface area (Å²) in [5.41, 5.74) is 0.0121. The SMILES string of the molecule is O=C(/C=C/C=C/c1ccccc1)c1c(O)c2ccccc2oc1=O. The van der Waals surface area contributed by atoms with Gasteiger partial charge in [-0.15, -0.1) is 0 Å². The van der Waals surface area contributed by atoms with Crippen LogP contribution in [0, 0.1) is 0 Å². The lowest BCUT2D eigenvalue weighted by molar-refractivity contribution is 0.104. The molecule has 24 heavy (non-hydrogen) atoms. The zero-order valence-corrected chi connectivity index (χ0v) is 12.7. The summed E-state index contributed by atoms with van der Waals surface area (Å²) in [6.45, 7) is 0. The number of carbonyl (C=O) groups is 1. The third-order valence-corrected chi connectivity index (χ3v) is 3.48. The molecule has 1 N–H and O–H groups in total. The molecule has 0 atom stereocenters. The van der Waals surface area contributed by atoms with E-state index in [9.17, 15) is 14.7 Å². The van der Waals surface area contributed by atoms with Gasteiger partial charge in [-0.1, -0.05) is 60.7 Å². The quantitative estimate of drug-likeness (QED) is 0.342. The second kappa shape index (κ2) is 6.79. The predicted octanol–water partition coefficient (Wildman–Crippen LogP) is 3.95. The summed E-state index contributed by atoms with van der Waals surface area (Å²) in [6.07, 6.45) is 6.25. The van der Waals surface area contributed by atoms with Crippen LogP contribution in [-0.4, -0.2) is 10.9 Å². The third kappa shape index (κ3) is 3.17. The van der Waals surface area contributed by atoms with E-state index in [1.807, 2.05) is 36.4 Å². The molecule has 0 spiro atoms. The average molecular weight is 318 g/mol. The number of ketones is 1. The van der Waals surface area contributed by atoms with Gasteiger partial charge in [0, 0.05) is 0 Å². The Bertz CT molecular complexity index is 995.